The van der Waals surface area contributed by atoms with E-state index in [0.717, 1.165) is 12.1 Å². The van der Waals surface area contributed by atoms with Gasteiger partial charge in [-0.15, -0.1) is 0 Å². The van der Waals surface area contributed by atoms with Crippen molar-refractivity contribution in [3.8, 4) is 28.5 Å². The van der Waals surface area contributed by atoms with Gasteiger partial charge in [-0.05, 0) is 12.1 Å². The Morgan fingerprint density at radius 2 is 1.74 bits per heavy atom. The van der Waals surface area contributed by atoms with E-state index >= 15 is 0 Å². The summed E-state index contributed by atoms with van der Waals surface area (Å²) < 4.78 is 39.4. The highest BCUT2D eigenvalue weighted by molar-refractivity contribution is 5.64. The Morgan fingerprint density at radius 3 is 2.30 bits per heavy atom. The molecule has 0 saturated carbocycles. The van der Waals surface area contributed by atoms with Crippen LogP contribution in [-0.2, 0) is 13.2 Å². The average Bonchev–Trinajstić information content (AvgIpc) is 2.92. The molecule has 3 aromatic rings. The predicted octanol–water partition coefficient (Wildman–Crippen LogP) is 3.27. The zero-order chi connectivity index (χ0) is 16.6. The van der Waals surface area contributed by atoms with E-state index in [1.54, 1.807) is 17.9 Å². The summed E-state index contributed by atoms with van der Waals surface area (Å²) in [7, 11) is 1.73. The van der Waals surface area contributed by atoms with Gasteiger partial charge in [-0.3, -0.25) is 4.68 Å². The van der Waals surface area contributed by atoms with Crippen LogP contribution in [0.25, 0.3) is 22.6 Å². The minimum absolute atomic E-state index is 0.244. The third-order valence-electron chi connectivity index (χ3n) is 3.18. The van der Waals surface area contributed by atoms with Crippen LogP contribution in [0.2, 0.25) is 0 Å². The van der Waals surface area contributed by atoms with Crippen LogP contribution in [0.5, 0.6) is 5.88 Å². The molecule has 0 atom stereocenters. The van der Waals surface area contributed by atoms with Gasteiger partial charge in [0.25, 0.3) is 0 Å². The Morgan fingerprint density at radius 1 is 1.04 bits per heavy atom. The number of aryl methyl sites for hydroxylation is 1. The van der Waals surface area contributed by atoms with E-state index in [4.69, 9.17) is 0 Å². The summed E-state index contributed by atoms with van der Waals surface area (Å²) in [6.45, 7) is 0. The molecule has 0 aliphatic carbocycles. The first kappa shape index (κ1) is 15.0. The van der Waals surface area contributed by atoms with Gasteiger partial charge in [0.05, 0.1) is 23.0 Å². The van der Waals surface area contributed by atoms with Crippen LogP contribution < -0.4 is 0 Å². The fourth-order valence-corrected chi connectivity index (χ4v) is 2.08. The molecule has 1 aromatic carbocycles. The number of nitrogens with zero attached hydrogens (tertiary/aromatic N) is 4. The van der Waals surface area contributed by atoms with Crippen LogP contribution in [0.15, 0.2) is 42.7 Å². The Balaban J connectivity index is 2.01. The number of alkyl halides is 3. The lowest BCUT2D eigenvalue weighted by atomic mass is 10.1. The van der Waals surface area contributed by atoms with Crippen LogP contribution in [0.4, 0.5) is 13.2 Å². The van der Waals surface area contributed by atoms with Crippen LogP contribution in [0, 0.1) is 0 Å². The van der Waals surface area contributed by atoms with Crippen molar-refractivity contribution in [2.75, 3.05) is 0 Å². The van der Waals surface area contributed by atoms with Gasteiger partial charge < -0.3 is 5.11 Å². The lowest BCUT2D eigenvalue weighted by Gasteiger charge is -2.08. The fraction of sp³-hybridized carbons (Fsp3) is 0.133. The first-order valence-electron chi connectivity index (χ1n) is 6.57. The summed E-state index contributed by atoms with van der Waals surface area (Å²) in [6, 6.07) is 5.84. The molecule has 0 radical (unpaired) electrons. The lowest BCUT2D eigenvalue weighted by Crippen LogP contribution is -2.04. The zero-order valence-electron chi connectivity index (χ0n) is 11.9. The van der Waals surface area contributed by atoms with Crippen molar-refractivity contribution >= 4 is 0 Å². The highest BCUT2D eigenvalue weighted by Gasteiger charge is 2.30. The van der Waals surface area contributed by atoms with E-state index < -0.39 is 11.7 Å². The van der Waals surface area contributed by atoms with Gasteiger partial charge in [-0.1, -0.05) is 12.1 Å². The second-order valence-corrected chi connectivity index (χ2v) is 4.91. The number of aromatic hydroxyl groups is 1. The van der Waals surface area contributed by atoms with E-state index in [9.17, 15) is 18.3 Å². The smallest absolute Gasteiger partial charge is 0.416 e. The van der Waals surface area contributed by atoms with Gasteiger partial charge in [0.2, 0.25) is 5.88 Å². The number of aromatic nitrogens is 4. The SMILES string of the molecule is Cn1cc(-c2nc(O)cc(-c3ccc(C(F)(F)F)cc3)n2)cn1. The number of hydrogen-bond donors (Lipinski definition) is 1. The molecule has 0 bridgehead atoms. The van der Waals surface area contributed by atoms with Crippen molar-refractivity contribution < 1.29 is 18.3 Å². The summed E-state index contributed by atoms with van der Waals surface area (Å²) >= 11 is 0. The van der Waals surface area contributed by atoms with E-state index in [1.165, 1.54) is 24.4 Å². The number of rotatable bonds is 2. The molecular weight excluding hydrogens is 309 g/mol. The van der Waals surface area contributed by atoms with Crippen molar-refractivity contribution in [3.05, 3.63) is 48.3 Å². The Labute approximate surface area is 129 Å². The molecule has 0 unspecified atom stereocenters. The molecule has 118 valence electrons. The normalized spacial score (nSPS) is 11.7. The zero-order valence-corrected chi connectivity index (χ0v) is 11.9. The highest BCUT2D eigenvalue weighted by Crippen LogP contribution is 2.31. The maximum absolute atomic E-state index is 12.6. The topological polar surface area (TPSA) is 63.8 Å². The summed E-state index contributed by atoms with van der Waals surface area (Å²) in [5, 5.41) is 13.7. The van der Waals surface area contributed by atoms with Gasteiger partial charge >= 0.3 is 6.18 Å². The molecule has 0 spiro atoms. The maximum Gasteiger partial charge on any atom is 0.416 e. The quantitative estimate of drug-likeness (QED) is 0.787. The molecule has 3 rings (SSSR count). The molecule has 2 aromatic heterocycles. The molecular formula is C15H11F3N4O. The lowest BCUT2D eigenvalue weighted by molar-refractivity contribution is -0.137. The van der Waals surface area contributed by atoms with Gasteiger partial charge in [0.1, 0.15) is 0 Å². The highest BCUT2D eigenvalue weighted by atomic mass is 19.4. The third kappa shape index (κ3) is 3.15. The Kier molecular flexibility index (Phi) is 3.51. The van der Waals surface area contributed by atoms with Gasteiger partial charge in [0, 0.05) is 24.9 Å². The number of benzene rings is 1. The van der Waals surface area contributed by atoms with Crippen molar-refractivity contribution in [2.24, 2.45) is 7.05 Å². The average molecular weight is 320 g/mol. The summed E-state index contributed by atoms with van der Waals surface area (Å²) in [4.78, 5) is 8.18. The molecule has 1 N–H and O–H groups in total. The largest absolute Gasteiger partial charge is 0.493 e. The molecule has 8 heteroatoms. The minimum Gasteiger partial charge on any atom is -0.493 e. The first-order chi connectivity index (χ1) is 10.8. The van der Waals surface area contributed by atoms with E-state index in [2.05, 4.69) is 15.1 Å². The van der Waals surface area contributed by atoms with Crippen molar-refractivity contribution in [1.29, 1.82) is 0 Å². The van der Waals surface area contributed by atoms with Crippen LogP contribution in [-0.4, -0.2) is 24.9 Å². The predicted molar refractivity (Wildman–Crippen MR) is 76.3 cm³/mol. The summed E-state index contributed by atoms with van der Waals surface area (Å²) in [5.74, 6) is -0.0262. The summed E-state index contributed by atoms with van der Waals surface area (Å²) in [6.07, 6.45) is -1.19. The standard InChI is InChI=1S/C15H11F3N4O/c1-22-8-10(7-19-22)14-20-12(6-13(23)21-14)9-2-4-11(5-3-9)15(16,17)18/h2-8H,1H3,(H,20,21,23). The summed E-state index contributed by atoms with van der Waals surface area (Å²) in [5.41, 5.74) is 0.620. The number of halogens is 3. The number of hydrogen-bond acceptors (Lipinski definition) is 4. The van der Waals surface area contributed by atoms with Crippen LogP contribution in [0.3, 0.4) is 0 Å². The first-order valence-corrected chi connectivity index (χ1v) is 6.57. The van der Waals surface area contributed by atoms with Gasteiger partial charge in [-0.2, -0.15) is 23.3 Å². The van der Waals surface area contributed by atoms with Crippen molar-refractivity contribution in [3.63, 3.8) is 0 Å². The molecule has 0 amide bonds. The van der Waals surface area contributed by atoms with Crippen molar-refractivity contribution in [1.82, 2.24) is 19.7 Å². The second kappa shape index (κ2) is 5.38. The third-order valence-corrected chi connectivity index (χ3v) is 3.18. The van der Waals surface area contributed by atoms with E-state index in [1.807, 2.05) is 0 Å². The molecule has 2 heterocycles. The Bertz CT molecular complexity index is 841. The van der Waals surface area contributed by atoms with E-state index in [0.29, 0.717) is 16.8 Å². The maximum atomic E-state index is 12.6. The second-order valence-electron chi connectivity index (χ2n) is 4.91. The van der Waals surface area contributed by atoms with Crippen molar-refractivity contribution in [2.45, 2.75) is 6.18 Å². The molecule has 0 saturated heterocycles. The Hall–Kier alpha value is -2.90. The van der Waals surface area contributed by atoms with Gasteiger partial charge in [0.15, 0.2) is 5.82 Å². The van der Waals surface area contributed by atoms with Crippen LogP contribution >= 0.6 is 0 Å². The monoisotopic (exact) mass is 320 g/mol. The van der Waals surface area contributed by atoms with Gasteiger partial charge in [-0.25, -0.2) is 4.98 Å². The molecule has 0 aliphatic rings. The fourth-order valence-electron chi connectivity index (χ4n) is 2.08. The molecule has 0 fully saturated rings. The van der Waals surface area contributed by atoms with E-state index in [-0.39, 0.29) is 11.7 Å². The molecule has 23 heavy (non-hydrogen) atoms. The molecule has 0 aliphatic heterocycles. The molecule has 5 nitrogen and oxygen atoms in total. The minimum atomic E-state index is -4.40. The van der Waals surface area contributed by atoms with Crippen LogP contribution in [0.1, 0.15) is 5.56 Å².